The lowest BCUT2D eigenvalue weighted by Crippen LogP contribution is -2.00. The van der Waals surface area contributed by atoms with Crippen LogP contribution in [0.15, 0.2) is 18.2 Å². The molecule has 0 aliphatic rings. The zero-order valence-corrected chi connectivity index (χ0v) is 9.07. The minimum Gasteiger partial charge on any atom is -0.396 e. The zero-order valence-electron chi connectivity index (χ0n) is 9.07. The van der Waals surface area contributed by atoms with Crippen molar-refractivity contribution in [1.82, 2.24) is 9.97 Å². The smallest absolute Gasteiger partial charge is 0.129 e. The summed E-state index contributed by atoms with van der Waals surface area (Å²) in [4.78, 5) is 8.60. The van der Waals surface area contributed by atoms with Gasteiger partial charge in [0, 0.05) is 30.2 Å². The van der Waals surface area contributed by atoms with Crippen LogP contribution in [0.25, 0.3) is 10.9 Å². The molecule has 0 amide bonds. The number of nitrogens with zero attached hydrogens (tertiary/aromatic N) is 2. The molecule has 2 aromatic rings. The second-order valence-corrected chi connectivity index (χ2v) is 3.71. The Hall–Kier alpha value is -1.55. The number of aromatic nitrogens is 2. The fourth-order valence-corrected chi connectivity index (χ4v) is 1.67. The quantitative estimate of drug-likeness (QED) is 0.860. The van der Waals surface area contributed by atoms with Crippen molar-refractivity contribution in [3.63, 3.8) is 0 Å². The van der Waals surface area contributed by atoms with Gasteiger partial charge in [-0.2, -0.15) is 0 Å². The van der Waals surface area contributed by atoms with Crippen molar-refractivity contribution in [2.45, 2.75) is 19.8 Å². The van der Waals surface area contributed by atoms with Crippen LogP contribution in [0.4, 0.5) is 4.39 Å². The second-order valence-electron chi connectivity index (χ2n) is 3.71. The topological polar surface area (TPSA) is 46.0 Å². The van der Waals surface area contributed by atoms with E-state index in [1.807, 2.05) is 6.92 Å². The predicted molar refractivity (Wildman–Crippen MR) is 59.6 cm³/mol. The fraction of sp³-hybridized carbons (Fsp3) is 0.333. The van der Waals surface area contributed by atoms with Gasteiger partial charge in [-0.3, -0.25) is 0 Å². The Kier molecular flexibility index (Phi) is 3.10. The van der Waals surface area contributed by atoms with Crippen molar-refractivity contribution in [3.8, 4) is 0 Å². The van der Waals surface area contributed by atoms with E-state index in [2.05, 4.69) is 9.97 Å². The summed E-state index contributed by atoms with van der Waals surface area (Å²) >= 11 is 0. The van der Waals surface area contributed by atoms with Crippen molar-refractivity contribution in [1.29, 1.82) is 0 Å². The van der Waals surface area contributed by atoms with Crippen LogP contribution in [0, 0.1) is 12.7 Å². The lowest BCUT2D eigenvalue weighted by molar-refractivity contribution is 0.287. The molecule has 0 aliphatic heterocycles. The van der Waals surface area contributed by atoms with Crippen LogP contribution in [-0.4, -0.2) is 21.7 Å². The largest absolute Gasteiger partial charge is 0.396 e. The van der Waals surface area contributed by atoms with Crippen molar-refractivity contribution >= 4 is 10.9 Å². The minimum atomic E-state index is -0.293. The van der Waals surface area contributed by atoms with Crippen LogP contribution in [0.3, 0.4) is 0 Å². The van der Waals surface area contributed by atoms with Crippen LogP contribution >= 0.6 is 0 Å². The normalized spacial score (nSPS) is 10.9. The second kappa shape index (κ2) is 4.53. The predicted octanol–water partition coefficient (Wildman–Crippen LogP) is 2.00. The van der Waals surface area contributed by atoms with E-state index in [0.717, 1.165) is 11.1 Å². The summed E-state index contributed by atoms with van der Waals surface area (Å²) in [6.45, 7) is 1.99. The number of fused-ring (bicyclic) bond motifs is 1. The molecule has 3 nitrogen and oxygen atoms in total. The number of aliphatic hydroxyl groups is 1. The Morgan fingerprint density at radius 1 is 1.31 bits per heavy atom. The molecule has 0 saturated heterocycles. The van der Waals surface area contributed by atoms with Crippen molar-refractivity contribution < 1.29 is 9.50 Å². The summed E-state index contributed by atoms with van der Waals surface area (Å²) in [5.74, 6) is 0.364. The maximum absolute atomic E-state index is 13.1. The van der Waals surface area contributed by atoms with E-state index in [-0.39, 0.29) is 12.4 Å². The number of benzene rings is 1. The van der Waals surface area contributed by atoms with Gasteiger partial charge < -0.3 is 5.11 Å². The molecule has 0 bridgehead atoms. The Labute approximate surface area is 93.0 Å². The van der Waals surface area contributed by atoms with Crippen LogP contribution in [0.1, 0.15) is 17.9 Å². The number of halogens is 1. The van der Waals surface area contributed by atoms with Crippen molar-refractivity contribution in [2.24, 2.45) is 0 Å². The van der Waals surface area contributed by atoms with E-state index in [1.165, 1.54) is 12.1 Å². The first-order chi connectivity index (χ1) is 7.70. The molecule has 0 atom stereocenters. The molecule has 1 heterocycles. The lowest BCUT2D eigenvalue weighted by Gasteiger charge is -2.04. The number of rotatable bonds is 3. The molecule has 16 heavy (non-hydrogen) atoms. The van der Waals surface area contributed by atoms with E-state index >= 15 is 0 Å². The minimum absolute atomic E-state index is 0.115. The van der Waals surface area contributed by atoms with Gasteiger partial charge in [0.2, 0.25) is 0 Å². The molecule has 0 unspecified atom stereocenters. The van der Waals surface area contributed by atoms with Gasteiger partial charge in [0.15, 0.2) is 0 Å². The van der Waals surface area contributed by atoms with E-state index in [0.29, 0.717) is 24.2 Å². The summed E-state index contributed by atoms with van der Waals surface area (Å²) < 4.78 is 13.1. The molecule has 0 fully saturated rings. The Morgan fingerprint density at radius 2 is 2.12 bits per heavy atom. The first-order valence-electron chi connectivity index (χ1n) is 5.24. The van der Waals surface area contributed by atoms with Gasteiger partial charge in [-0.25, -0.2) is 14.4 Å². The molecular weight excluding hydrogens is 207 g/mol. The highest BCUT2D eigenvalue weighted by Crippen LogP contribution is 2.16. The average molecular weight is 220 g/mol. The summed E-state index contributed by atoms with van der Waals surface area (Å²) in [7, 11) is 0. The van der Waals surface area contributed by atoms with Gasteiger partial charge in [-0.05, 0) is 25.5 Å². The molecule has 0 aliphatic carbocycles. The van der Waals surface area contributed by atoms with Gasteiger partial charge in [0.1, 0.15) is 11.6 Å². The van der Waals surface area contributed by atoms with Gasteiger partial charge in [-0.1, -0.05) is 0 Å². The molecular formula is C12H13FN2O. The third-order valence-corrected chi connectivity index (χ3v) is 2.45. The number of hydrogen-bond donors (Lipinski definition) is 1. The molecule has 84 valence electrons. The zero-order chi connectivity index (χ0) is 11.5. The lowest BCUT2D eigenvalue weighted by atomic mass is 10.2. The first kappa shape index (κ1) is 11.0. The highest BCUT2D eigenvalue weighted by Gasteiger charge is 2.05. The molecule has 1 aromatic heterocycles. The van der Waals surface area contributed by atoms with E-state index in [1.54, 1.807) is 6.07 Å². The summed E-state index contributed by atoms with van der Waals surface area (Å²) in [5.41, 5.74) is 1.47. The van der Waals surface area contributed by atoms with Crippen LogP contribution in [-0.2, 0) is 6.42 Å². The maximum Gasteiger partial charge on any atom is 0.129 e. The van der Waals surface area contributed by atoms with Crippen LogP contribution in [0.5, 0.6) is 0 Å². The van der Waals surface area contributed by atoms with E-state index < -0.39 is 0 Å². The number of aryl methyl sites for hydroxylation is 2. The van der Waals surface area contributed by atoms with Crippen molar-refractivity contribution in [2.75, 3.05) is 6.61 Å². The molecule has 0 radical (unpaired) electrons. The molecule has 0 saturated carbocycles. The highest BCUT2D eigenvalue weighted by atomic mass is 19.1. The molecule has 1 N–H and O–H groups in total. The molecule has 2 rings (SSSR count). The summed E-state index contributed by atoms with van der Waals surface area (Å²) in [6, 6.07) is 4.51. The number of aliphatic hydroxyl groups excluding tert-OH is 1. The van der Waals surface area contributed by atoms with Crippen molar-refractivity contribution in [3.05, 3.63) is 35.5 Å². The summed E-state index contributed by atoms with van der Waals surface area (Å²) in [6.07, 6.45) is 1.24. The third-order valence-electron chi connectivity index (χ3n) is 2.45. The van der Waals surface area contributed by atoms with Crippen LogP contribution in [0.2, 0.25) is 0 Å². The Balaban J connectivity index is 2.47. The first-order valence-corrected chi connectivity index (χ1v) is 5.24. The van der Waals surface area contributed by atoms with Gasteiger partial charge in [0.05, 0.1) is 5.52 Å². The van der Waals surface area contributed by atoms with E-state index in [4.69, 9.17) is 5.11 Å². The molecule has 0 spiro atoms. The standard InChI is InChI=1S/C12H13FN2O/c1-8-10-5-4-9(13)7-11(10)15-12(14-8)3-2-6-16/h4-5,7,16H,2-3,6H2,1H3. The van der Waals surface area contributed by atoms with E-state index in [9.17, 15) is 4.39 Å². The van der Waals surface area contributed by atoms with Gasteiger partial charge >= 0.3 is 0 Å². The maximum atomic E-state index is 13.1. The van der Waals surface area contributed by atoms with Crippen LogP contribution < -0.4 is 0 Å². The molecule has 4 heteroatoms. The SMILES string of the molecule is Cc1nc(CCCO)nc2cc(F)ccc12. The highest BCUT2D eigenvalue weighted by molar-refractivity contribution is 5.80. The molecule has 1 aromatic carbocycles. The van der Waals surface area contributed by atoms with Gasteiger partial charge in [0.25, 0.3) is 0 Å². The van der Waals surface area contributed by atoms with Gasteiger partial charge in [-0.15, -0.1) is 0 Å². The monoisotopic (exact) mass is 220 g/mol. The number of hydrogen-bond acceptors (Lipinski definition) is 3. The Morgan fingerprint density at radius 3 is 2.88 bits per heavy atom. The third kappa shape index (κ3) is 2.17. The Bertz CT molecular complexity index is 514. The summed E-state index contributed by atoms with van der Waals surface area (Å²) in [5, 5.41) is 9.61. The fourth-order valence-electron chi connectivity index (χ4n) is 1.67. The average Bonchev–Trinajstić information content (AvgIpc) is 2.25.